The Balaban J connectivity index is 1.70. The van der Waals surface area contributed by atoms with Crippen molar-refractivity contribution in [3.8, 4) is 0 Å². The fraction of sp³-hybridized carbons (Fsp3) is 0.565. The van der Waals surface area contributed by atoms with Gasteiger partial charge in [-0.15, -0.1) is 0 Å². The number of hydrogen-bond donors (Lipinski definition) is 1. The third kappa shape index (κ3) is 8.53. The van der Waals surface area contributed by atoms with Gasteiger partial charge in [0, 0.05) is 17.6 Å². The molecule has 2 rings (SSSR count). The number of rotatable bonds is 14. The van der Waals surface area contributed by atoms with Gasteiger partial charge in [0.25, 0.3) is 0 Å². The third-order valence-corrected chi connectivity index (χ3v) is 6.48. The molecule has 1 aliphatic heterocycles. The van der Waals surface area contributed by atoms with E-state index in [1.54, 1.807) is 6.08 Å². The molecule has 1 heterocycles. The average Bonchev–Trinajstić information content (AvgIpc) is 2.98. The van der Waals surface area contributed by atoms with Crippen molar-refractivity contribution in [1.82, 2.24) is 5.32 Å². The number of hydrogen-bond acceptors (Lipinski definition) is 5. The lowest BCUT2D eigenvalue weighted by molar-refractivity contribution is -0.121. The van der Waals surface area contributed by atoms with Gasteiger partial charge in [0.15, 0.2) is 5.78 Å². The lowest BCUT2D eigenvalue weighted by Crippen LogP contribution is -2.28. The number of ketones is 1. The molecule has 1 aromatic carbocycles. The number of unbranched alkanes of at least 4 members (excludes halogenated alkanes) is 5. The highest BCUT2D eigenvalue weighted by Gasteiger charge is 2.39. The molecule has 1 aliphatic rings. The molecule has 1 unspecified atom stereocenters. The Labute approximate surface area is 183 Å². The fourth-order valence-electron chi connectivity index (χ4n) is 3.33. The normalized spacial score (nSPS) is 18.7. The van der Waals surface area contributed by atoms with Crippen LogP contribution in [0.3, 0.4) is 0 Å². The number of halogens is 1. The van der Waals surface area contributed by atoms with E-state index < -0.39 is 0 Å². The molecule has 1 aromatic rings. The molecule has 1 atom stereocenters. The van der Waals surface area contributed by atoms with Gasteiger partial charge >= 0.3 is 0 Å². The van der Waals surface area contributed by atoms with Gasteiger partial charge in [0.05, 0.1) is 11.3 Å². The highest BCUT2D eigenvalue weighted by Crippen LogP contribution is 2.44. The summed E-state index contributed by atoms with van der Waals surface area (Å²) < 4.78 is 5.43. The SMILES string of the molecule is CCCCCCCCC1(C)SC(=O)C=C1OCC(=O)CNCc1ccc(Cl)cc1. The summed E-state index contributed by atoms with van der Waals surface area (Å²) in [6, 6.07) is 7.51. The molecule has 1 N–H and O–H groups in total. The standard InChI is InChI=1S/C23H32ClNO3S/c1-3-4-5-6-7-8-13-23(2)21(14-22(27)29-23)28-17-20(26)16-25-15-18-9-11-19(24)12-10-18/h9-12,14,25H,3-8,13,15-17H2,1-2H3. The molecular formula is C23H32ClNO3S. The first-order chi connectivity index (χ1) is 13.9. The molecule has 29 heavy (non-hydrogen) atoms. The summed E-state index contributed by atoms with van der Waals surface area (Å²) in [5, 5.41) is 3.83. The second-order valence-corrected chi connectivity index (χ2v) is 9.68. The predicted molar refractivity (Wildman–Crippen MR) is 121 cm³/mol. The molecule has 6 heteroatoms. The summed E-state index contributed by atoms with van der Waals surface area (Å²) in [6.07, 6.45) is 9.72. The Hall–Kier alpha value is -1.30. The Kier molecular flexibility index (Phi) is 10.3. The van der Waals surface area contributed by atoms with Gasteiger partial charge in [-0.05, 0) is 31.0 Å². The smallest absolute Gasteiger partial charge is 0.216 e. The number of Topliss-reactive ketones (excluding diaryl/α,β-unsaturated/α-hetero) is 1. The monoisotopic (exact) mass is 437 g/mol. The summed E-state index contributed by atoms with van der Waals surface area (Å²) in [5.41, 5.74) is 1.06. The van der Waals surface area contributed by atoms with Crippen molar-refractivity contribution in [3.05, 3.63) is 46.7 Å². The molecule has 0 bridgehead atoms. The van der Waals surface area contributed by atoms with E-state index in [1.807, 2.05) is 31.2 Å². The van der Waals surface area contributed by atoms with E-state index in [0.717, 1.165) is 18.4 Å². The van der Waals surface area contributed by atoms with Gasteiger partial charge < -0.3 is 10.1 Å². The first kappa shape index (κ1) is 24.0. The van der Waals surface area contributed by atoms with E-state index >= 15 is 0 Å². The Bertz CT molecular complexity index is 705. The van der Waals surface area contributed by atoms with Crippen LogP contribution in [0.5, 0.6) is 0 Å². The van der Waals surface area contributed by atoms with E-state index in [1.165, 1.54) is 43.9 Å². The number of carbonyl (C=O) groups excluding carboxylic acids is 2. The van der Waals surface area contributed by atoms with Crippen molar-refractivity contribution >= 4 is 34.3 Å². The first-order valence-electron chi connectivity index (χ1n) is 10.5. The van der Waals surface area contributed by atoms with Crippen LogP contribution in [0.25, 0.3) is 0 Å². The van der Waals surface area contributed by atoms with E-state index in [4.69, 9.17) is 16.3 Å². The highest BCUT2D eigenvalue weighted by molar-refractivity contribution is 8.15. The first-order valence-corrected chi connectivity index (χ1v) is 11.7. The van der Waals surface area contributed by atoms with Gasteiger partial charge in [-0.25, -0.2) is 0 Å². The van der Waals surface area contributed by atoms with Crippen LogP contribution in [-0.4, -0.2) is 28.8 Å². The lowest BCUT2D eigenvalue weighted by Gasteiger charge is -2.26. The molecular weight excluding hydrogens is 406 g/mol. The number of carbonyl (C=O) groups is 2. The second kappa shape index (κ2) is 12.4. The zero-order valence-electron chi connectivity index (χ0n) is 17.5. The Morgan fingerprint density at radius 1 is 1.14 bits per heavy atom. The minimum absolute atomic E-state index is 0.0145. The van der Waals surface area contributed by atoms with Crippen LogP contribution >= 0.6 is 23.4 Å². The summed E-state index contributed by atoms with van der Waals surface area (Å²) in [6.45, 7) is 5.06. The predicted octanol–water partition coefficient (Wildman–Crippen LogP) is 5.68. The maximum Gasteiger partial charge on any atom is 0.216 e. The second-order valence-electron chi connectivity index (χ2n) is 7.74. The van der Waals surface area contributed by atoms with Crippen LogP contribution in [0.2, 0.25) is 5.02 Å². The minimum atomic E-state index is -0.348. The van der Waals surface area contributed by atoms with E-state index in [0.29, 0.717) is 17.3 Å². The topological polar surface area (TPSA) is 55.4 Å². The molecule has 0 amide bonds. The number of benzene rings is 1. The number of thioether (sulfide) groups is 1. The van der Waals surface area contributed by atoms with Crippen molar-refractivity contribution in [1.29, 1.82) is 0 Å². The van der Waals surface area contributed by atoms with Crippen LogP contribution in [-0.2, 0) is 20.9 Å². The van der Waals surface area contributed by atoms with Gasteiger partial charge in [-0.1, -0.05) is 80.9 Å². The van der Waals surface area contributed by atoms with Gasteiger partial charge in [0.1, 0.15) is 12.4 Å². The summed E-state index contributed by atoms with van der Waals surface area (Å²) in [4.78, 5) is 24.1. The van der Waals surface area contributed by atoms with Crippen LogP contribution in [0.1, 0.15) is 64.4 Å². The van der Waals surface area contributed by atoms with Crippen LogP contribution in [0.4, 0.5) is 0 Å². The zero-order valence-corrected chi connectivity index (χ0v) is 19.0. The fourth-order valence-corrected chi connectivity index (χ4v) is 4.53. The lowest BCUT2D eigenvalue weighted by atomic mass is 9.99. The maximum absolute atomic E-state index is 12.2. The molecule has 0 aromatic heterocycles. The molecule has 160 valence electrons. The van der Waals surface area contributed by atoms with Crippen LogP contribution in [0, 0.1) is 0 Å². The summed E-state index contributed by atoms with van der Waals surface area (Å²) in [5.74, 6) is 0.609. The molecule has 0 saturated heterocycles. The average molecular weight is 438 g/mol. The molecule has 4 nitrogen and oxygen atoms in total. The van der Waals surface area contributed by atoms with Gasteiger partial charge in [-0.2, -0.15) is 0 Å². The van der Waals surface area contributed by atoms with Crippen molar-refractivity contribution in [3.63, 3.8) is 0 Å². The van der Waals surface area contributed by atoms with Gasteiger partial charge in [-0.3, -0.25) is 9.59 Å². The quantitative estimate of drug-likeness (QED) is 0.379. The largest absolute Gasteiger partial charge is 0.488 e. The van der Waals surface area contributed by atoms with Crippen molar-refractivity contribution in [2.75, 3.05) is 13.2 Å². The summed E-state index contributed by atoms with van der Waals surface area (Å²) in [7, 11) is 0. The maximum atomic E-state index is 12.2. The molecule has 0 saturated carbocycles. The number of ether oxygens (including phenoxy) is 1. The summed E-state index contributed by atoms with van der Waals surface area (Å²) >= 11 is 7.19. The zero-order chi connectivity index (χ0) is 21.1. The van der Waals surface area contributed by atoms with Crippen LogP contribution < -0.4 is 5.32 Å². The minimum Gasteiger partial charge on any atom is -0.488 e. The van der Waals surface area contributed by atoms with Crippen molar-refractivity contribution in [2.24, 2.45) is 0 Å². The molecule has 0 radical (unpaired) electrons. The Morgan fingerprint density at radius 2 is 1.83 bits per heavy atom. The van der Waals surface area contributed by atoms with E-state index in [-0.39, 0.29) is 28.8 Å². The van der Waals surface area contributed by atoms with Crippen molar-refractivity contribution < 1.29 is 14.3 Å². The van der Waals surface area contributed by atoms with Crippen molar-refractivity contribution in [2.45, 2.75) is 70.1 Å². The molecule has 0 aliphatic carbocycles. The van der Waals surface area contributed by atoms with E-state index in [9.17, 15) is 9.59 Å². The number of nitrogens with one attached hydrogen (secondary N) is 1. The highest BCUT2D eigenvalue weighted by atomic mass is 35.5. The Morgan fingerprint density at radius 3 is 2.55 bits per heavy atom. The van der Waals surface area contributed by atoms with Gasteiger partial charge in [0.2, 0.25) is 5.12 Å². The van der Waals surface area contributed by atoms with Crippen LogP contribution in [0.15, 0.2) is 36.1 Å². The van der Waals surface area contributed by atoms with E-state index in [2.05, 4.69) is 12.2 Å². The molecule has 0 fully saturated rings. The third-order valence-electron chi connectivity index (χ3n) is 5.06. The molecule has 0 spiro atoms.